The summed E-state index contributed by atoms with van der Waals surface area (Å²) in [4.78, 5) is 42.7. The molecule has 0 saturated heterocycles. The number of pyridine rings is 2. The van der Waals surface area contributed by atoms with Gasteiger partial charge in [0.15, 0.2) is 5.78 Å². The lowest BCUT2D eigenvalue weighted by Gasteiger charge is -2.13. The molecule has 0 fully saturated rings. The molecule has 3 rings (SSSR count). The van der Waals surface area contributed by atoms with Crippen LogP contribution in [0, 0.1) is 6.92 Å². The summed E-state index contributed by atoms with van der Waals surface area (Å²) in [5.74, 6) is -1.41. The lowest BCUT2D eigenvalue weighted by molar-refractivity contribution is -0.131. The van der Waals surface area contributed by atoms with E-state index >= 15 is 0 Å². The fourth-order valence-corrected chi connectivity index (χ4v) is 2.91. The van der Waals surface area contributed by atoms with E-state index in [4.69, 9.17) is 16.7 Å². The molecule has 0 amide bonds. The van der Waals surface area contributed by atoms with Crippen LogP contribution in [-0.4, -0.2) is 26.8 Å². The second-order valence-electron chi connectivity index (χ2n) is 6.03. The topological polar surface area (TPSA) is 100 Å². The summed E-state index contributed by atoms with van der Waals surface area (Å²) < 4.78 is 0. The van der Waals surface area contributed by atoms with Crippen LogP contribution < -0.4 is 5.56 Å². The fraction of sp³-hybridized carbons (Fsp3) is 0.0476. The minimum Gasteiger partial charge on any atom is -0.478 e. The van der Waals surface area contributed by atoms with Crippen molar-refractivity contribution in [3.8, 4) is 11.3 Å². The molecular formula is C21H15ClN2O4. The maximum absolute atomic E-state index is 13.1. The molecule has 0 aliphatic heterocycles. The molecule has 0 bridgehead atoms. The van der Waals surface area contributed by atoms with Crippen molar-refractivity contribution in [3.63, 3.8) is 0 Å². The molecule has 28 heavy (non-hydrogen) atoms. The molecule has 2 heterocycles. The summed E-state index contributed by atoms with van der Waals surface area (Å²) in [5, 5.41) is 9.43. The van der Waals surface area contributed by atoms with Crippen molar-refractivity contribution >= 4 is 29.4 Å². The number of nitrogens with one attached hydrogen (secondary N) is 1. The molecule has 0 atom stereocenters. The largest absolute Gasteiger partial charge is 0.478 e. The van der Waals surface area contributed by atoms with Crippen LogP contribution in [0.2, 0.25) is 5.02 Å². The molecule has 2 aromatic heterocycles. The lowest BCUT2D eigenvalue weighted by atomic mass is 9.93. The number of carbonyl (C=O) groups is 2. The first-order valence-corrected chi connectivity index (χ1v) is 8.64. The van der Waals surface area contributed by atoms with Gasteiger partial charge in [0.1, 0.15) is 0 Å². The van der Waals surface area contributed by atoms with Gasteiger partial charge in [0.25, 0.3) is 0 Å². The number of hydrogen-bond acceptors (Lipinski definition) is 4. The molecule has 2 N–H and O–H groups in total. The number of aromatic amines is 1. The zero-order valence-corrected chi connectivity index (χ0v) is 15.5. The van der Waals surface area contributed by atoms with Crippen molar-refractivity contribution in [2.45, 2.75) is 6.92 Å². The third-order valence-corrected chi connectivity index (χ3v) is 4.36. The van der Waals surface area contributed by atoms with E-state index in [9.17, 15) is 14.4 Å². The van der Waals surface area contributed by atoms with Crippen LogP contribution in [0.5, 0.6) is 0 Å². The molecule has 0 spiro atoms. The quantitative estimate of drug-likeness (QED) is 0.507. The average molecular weight is 395 g/mol. The van der Waals surface area contributed by atoms with E-state index in [-0.39, 0.29) is 5.78 Å². The maximum atomic E-state index is 13.1. The number of carboxylic acid groups (broad SMARTS) is 1. The SMILES string of the molecule is Cc1ccnc(-c2c[nH]c(=O)cc2C=CC(=O)O)c1C(=O)c1ccc(Cl)cc1. The molecule has 140 valence electrons. The summed E-state index contributed by atoms with van der Waals surface area (Å²) in [6, 6.07) is 9.47. The van der Waals surface area contributed by atoms with Crippen LogP contribution in [-0.2, 0) is 4.79 Å². The lowest BCUT2D eigenvalue weighted by Crippen LogP contribution is -2.10. The van der Waals surface area contributed by atoms with Crippen LogP contribution in [0.25, 0.3) is 17.3 Å². The molecule has 0 saturated carbocycles. The fourth-order valence-electron chi connectivity index (χ4n) is 2.79. The van der Waals surface area contributed by atoms with Gasteiger partial charge >= 0.3 is 5.97 Å². The van der Waals surface area contributed by atoms with Gasteiger partial charge in [-0.3, -0.25) is 14.6 Å². The number of carbonyl (C=O) groups excluding carboxylic acids is 1. The van der Waals surface area contributed by atoms with Crippen molar-refractivity contribution in [3.05, 3.63) is 92.5 Å². The van der Waals surface area contributed by atoms with Crippen molar-refractivity contribution in [2.75, 3.05) is 0 Å². The normalized spacial score (nSPS) is 10.9. The molecule has 1 aromatic carbocycles. The zero-order chi connectivity index (χ0) is 20.3. The van der Waals surface area contributed by atoms with E-state index < -0.39 is 11.5 Å². The number of benzene rings is 1. The highest BCUT2D eigenvalue weighted by molar-refractivity contribution is 6.30. The van der Waals surface area contributed by atoms with Gasteiger partial charge in [-0.25, -0.2) is 4.79 Å². The van der Waals surface area contributed by atoms with E-state index in [0.29, 0.717) is 38.5 Å². The minimum atomic E-state index is -1.15. The maximum Gasteiger partial charge on any atom is 0.328 e. The van der Waals surface area contributed by atoms with Crippen LogP contribution in [0.3, 0.4) is 0 Å². The Labute approximate surface area is 165 Å². The van der Waals surface area contributed by atoms with Gasteiger partial charge in [-0.05, 0) is 54.5 Å². The number of halogens is 1. The predicted molar refractivity (Wildman–Crippen MR) is 107 cm³/mol. The summed E-state index contributed by atoms with van der Waals surface area (Å²) >= 11 is 5.90. The molecule has 0 aliphatic carbocycles. The van der Waals surface area contributed by atoms with Crippen LogP contribution >= 0.6 is 11.6 Å². The molecule has 6 nitrogen and oxygen atoms in total. The van der Waals surface area contributed by atoms with Crippen molar-refractivity contribution in [1.29, 1.82) is 0 Å². The van der Waals surface area contributed by atoms with Gasteiger partial charge in [0.05, 0.1) is 11.3 Å². The Bertz CT molecular complexity index is 1150. The first-order valence-electron chi connectivity index (χ1n) is 8.27. The van der Waals surface area contributed by atoms with Crippen LogP contribution in [0.4, 0.5) is 0 Å². The second-order valence-corrected chi connectivity index (χ2v) is 6.46. The highest BCUT2D eigenvalue weighted by Gasteiger charge is 2.20. The van der Waals surface area contributed by atoms with Gasteiger partial charge in [-0.15, -0.1) is 0 Å². The van der Waals surface area contributed by atoms with E-state index in [0.717, 1.165) is 6.08 Å². The summed E-state index contributed by atoms with van der Waals surface area (Å²) in [6.07, 6.45) is 5.20. The second kappa shape index (κ2) is 8.02. The molecule has 3 aromatic rings. The van der Waals surface area contributed by atoms with Gasteiger partial charge < -0.3 is 10.1 Å². The monoisotopic (exact) mass is 394 g/mol. The number of nitrogens with zero attached hydrogens (tertiary/aromatic N) is 1. The molecule has 7 heteroatoms. The number of carboxylic acids is 1. The third kappa shape index (κ3) is 4.07. The smallest absolute Gasteiger partial charge is 0.328 e. The molecule has 0 radical (unpaired) electrons. The number of aryl methyl sites for hydroxylation is 1. The zero-order valence-electron chi connectivity index (χ0n) is 14.8. The van der Waals surface area contributed by atoms with Crippen molar-refractivity contribution in [1.82, 2.24) is 9.97 Å². The van der Waals surface area contributed by atoms with Gasteiger partial charge in [0, 0.05) is 40.7 Å². The third-order valence-electron chi connectivity index (χ3n) is 4.11. The van der Waals surface area contributed by atoms with Crippen LogP contribution in [0.15, 0.2) is 59.7 Å². The Kier molecular flexibility index (Phi) is 5.52. The Morgan fingerprint density at radius 1 is 1.18 bits per heavy atom. The first kappa shape index (κ1) is 19.3. The van der Waals surface area contributed by atoms with E-state index in [1.807, 2.05) is 0 Å². The molecular weight excluding hydrogens is 380 g/mol. The molecule has 0 unspecified atom stereocenters. The number of H-pyrrole nitrogens is 1. The van der Waals surface area contributed by atoms with Crippen LogP contribution in [0.1, 0.15) is 27.0 Å². The summed E-state index contributed by atoms with van der Waals surface area (Å²) in [7, 11) is 0. The molecule has 0 aliphatic rings. The predicted octanol–water partition coefficient (Wildman–Crippen LogP) is 3.73. The van der Waals surface area contributed by atoms with E-state index in [2.05, 4.69) is 9.97 Å². The van der Waals surface area contributed by atoms with E-state index in [1.54, 1.807) is 43.5 Å². The number of rotatable bonds is 5. The minimum absolute atomic E-state index is 0.253. The number of ketones is 1. The summed E-state index contributed by atoms with van der Waals surface area (Å²) in [5.41, 5.74) is 2.24. The van der Waals surface area contributed by atoms with Gasteiger partial charge in [0.2, 0.25) is 5.56 Å². The number of aromatic nitrogens is 2. The highest BCUT2D eigenvalue weighted by Crippen LogP contribution is 2.29. The number of aliphatic carboxylic acids is 1. The van der Waals surface area contributed by atoms with E-state index in [1.165, 1.54) is 18.3 Å². The standard InChI is InChI=1S/C21H15ClN2O4/c1-12-8-9-23-20(19(12)21(28)13-2-5-15(22)6-3-13)16-11-24-17(25)10-14(16)4-7-18(26)27/h2-11H,1H3,(H,24,25)(H,26,27). The van der Waals surface area contributed by atoms with Crippen molar-refractivity contribution < 1.29 is 14.7 Å². The first-order chi connectivity index (χ1) is 13.4. The Morgan fingerprint density at radius 3 is 2.57 bits per heavy atom. The Morgan fingerprint density at radius 2 is 1.89 bits per heavy atom. The van der Waals surface area contributed by atoms with Gasteiger partial charge in [-0.1, -0.05) is 11.6 Å². The highest BCUT2D eigenvalue weighted by atomic mass is 35.5. The average Bonchev–Trinajstić information content (AvgIpc) is 2.66. The van der Waals surface area contributed by atoms with Gasteiger partial charge in [-0.2, -0.15) is 0 Å². The number of hydrogen-bond donors (Lipinski definition) is 2. The Balaban J connectivity index is 2.21. The Hall–Kier alpha value is -3.51. The summed E-state index contributed by atoms with van der Waals surface area (Å²) in [6.45, 7) is 1.78. The van der Waals surface area contributed by atoms with Crippen molar-refractivity contribution in [2.24, 2.45) is 0 Å².